The van der Waals surface area contributed by atoms with E-state index in [1.807, 2.05) is 75.4 Å². The molecule has 0 saturated carbocycles. The lowest BCUT2D eigenvalue weighted by molar-refractivity contribution is 0.0217. The largest absolute Gasteiger partial charge is 0.492 e. The van der Waals surface area contributed by atoms with Crippen LogP contribution in [0, 0.1) is 0 Å². The topological polar surface area (TPSA) is 87.8 Å². The Labute approximate surface area is 199 Å². The van der Waals surface area contributed by atoms with Gasteiger partial charge in [-0.25, -0.2) is 18.8 Å². The number of methoxy groups -OCH3 is 1. The van der Waals surface area contributed by atoms with Crippen LogP contribution in [-0.2, 0) is 22.6 Å². The highest BCUT2D eigenvalue weighted by Gasteiger charge is 2.22. The van der Waals surface area contributed by atoms with E-state index in [1.165, 1.54) is 20.5 Å². The van der Waals surface area contributed by atoms with Crippen LogP contribution >= 0.6 is 0 Å². The number of ether oxygens (including phenoxy) is 3. The maximum Gasteiger partial charge on any atom is 0.410 e. The van der Waals surface area contributed by atoms with Crippen molar-refractivity contribution in [1.29, 1.82) is 0 Å². The summed E-state index contributed by atoms with van der Waals surface area (Å²) in [6.45, 7) is 7.01. The predicted molar refractivity (Wildman–Crippen MR) is 128 cm³/mol. The molecule has 0 N–H and O–H groups in total. The fourth-order valence-electron chi connectivity index (χ4n) is 3.21. The third-order valence-electron chi connectivity index (χ3n) is 4.87. The van der Waals surface area contributed by atoms with Crippen molar-refractivity contribution in [1.82, 2.24) is 19.2 Å². The second-order valence-corrected chi connectivity index (χ2v) is 8.74. The summed E-state index contributed by atoms with van der Waals surface area (Å²) in [6.07, 6.45) is 1.01. The van der Waals surface area contributed by atoms with Crippen molar-refractivity contribution in [2.24, 2.45) is 0 Å². The summed E-state index contributed by atoms with van der Waals surface area (Å²) in [7, 11) is 1.64. The van der Waals surface area contributed by atoms with Gasteiger partial charge in [0.25, 0.3) is 0 Å². The Hall–Kier alpha value is -3.59. The number of carbonyl (C=O) groups is 1. The van der Waals surface area contributed by atoms with E-state index in [9.17, 15) is 9.59 Å². The molecule has 3 rings (SSSR count). The molecule has 0 spiro atoms. The zero-order chi connectivity index (χ0) is 24.6. The number of amides is 1. The van der Waals surface area contributed by atoms with Crippen molar-refractivity contribution in [3.8, 4) is 11.4 Å². The minimum atomic E-state index is -0.636. The lowest BCUT2D eigenvalue weighted by Gasteiger charge is -2.27. The molecular formula is C25H32N4O5. The van der Waals surface area contributed by atoms with Crippen molar-refractivity contribution in [2.75, 3.05) is 26.8 Å². The van der Waals surface area contributed by atoms with Crippen molar-refractivity contribution in [3.63, 3.8) is 0 Å². The van der Waals surface area contributed by atoms with Crippen molar-refractivity contribution in [2.45, 2.75) is 39.5 Å². The normalized spacial score (nSPS) is 11.3. The van der Waals surface area contributed by atoms with Crippen molar-refractivity contribution in [3.05, 3.63) is 77.0 Å². The van der Waals surface area contributed by atoms with Crippen LogP contribution in [0.1, 0.15) is 26.3 Å². The molecule has 34 heavy (non-hydrogen) atoms. The van der Waals surface area contributed by atoms with Gasteiger partial charge < -0.3 is 19.1 Å². The molecule has 3 aromatic rings. The van der Waals surface area contributed by atoms with E-state index in [4.69, 9.17) is 14.2 Å². The standard InChI is InChI=1S/C25H32N4O5/c1-25(2,3)34-24(31)27(16-17-33-22-8-6-5-7-9-22)14-15-29-23(30)28(19-26-29)21-12-10-20(11-13-21)18-32-4/h5-13,19H,14-18H2,1-4H3. The Kier molecular flexibility index (Phi) is 8.48. The van der Waals surface area contributed by atoms with Crippen LogP contribution in [0.25, 0.3) is 5.69 Å². The Bertz CT molecular complexity index is 1100. The second-order valence-electron chi connectivity index (χ2n) is 8.74. The summed E-state index contributed by atoms with van der Waals surface area (Å²) in [5.74, 6) is 0.720. The van der Waals surface area contributed by atoms with E-state index >= 15 is 0 Å². The van der Waals surface area contributed by atoms with Gasteiger partial charge in [0.1, 0.15) is 24.3 Å². The maximum atomic E-state index is 12.9. The zero-order valence-electron chi connectivity index (χ0n) is 20.1. The summed E-state index contributed by atoms with van der Waals surface area (Å²) >= 11 is 0. The molecule has 1 aromatic heterocycles. The first-order valence-corrected chi connectivity index (χ1v) is 11.2. The van der Waals surface area contributed by atoms with Gasteiger partial charge in [-0.2, -0.15) is 5.10 Å². The number of hydrogen-bond donors (Lipinski definition) is 0. The van der Waals surface area contributed by atoms with E-state index in [1.54, 1.807) is 7.11 Å². The lowest BCUT2D eigenvalue weighted by atomic mass is 10.2. The monoisotopic (exact) mass is 468 g/mol. The van der Waals surface area contributed by atoms with Gasteiger partial charge in [-0.1, -0.05) is 30.3 Å². The van der Waals surface area contributed by atoms with Crippen LogP contribution in [0.3, 0.4) is 0 Å². The second kappa shape index (κ2) is 11.5. The van der Waals surface area contributed by atoms with Crippen LogP contribution in [-0.4, -0.2) is 57.7 Å². The fraction of sp³-hybridized carbons (Fsp3) is 0.400. The first-order chi connectivity index (χ1) is 16.3. The zero-order valence-corrected chi connectivity index (χ0v) is 20.1. The Morgan fingerprint density at radius 3 is 2.38 bits per heavy atom. The van der Waals surface area contributed by atoms with E-state index in [0.29, 0.717) is 25.4 Å². The highest BCUT2D eigenvalue weighted by molar-refractivity contribution is 5.68. The van der Waals surface area contributed by atoms with Gasteiger partial charge in [0.05, 0.1) is 25.4 Å². The number of rotatable bonds is 10. The maximum absolute atomic E-state index is 12.9. The van der Waals surface area contributed by atoms with E-state index in [0.717, 1.165) is 11.3 Å². The molecule has 0 saturated heterocycles. The Morgan fingerprint density at radius 2 is 1.74 bits per heavy atom. The van der Waals surface area contributed by atoms with E-state index in [2.05, 4.69) is 5.10 Å². The van der Waals surface area contributed by atoms with E-state index in [-0.39, 0.29) is 18.8 Å². The first-order valence-electron chi connectivity index (χ1n) is 11.2. The number of nitrogens with zero attached hydrogens (tertiary/aromatic N) is 4. The Morgan fingerprint density at radius 1 is 1.03 bits per heavy atom. The molecule has 0 atom stereocenters. The van der Waals surface area contributed by atoms with Crippen LogP contribution in [0.2, 0.25) is 0 Å². The summed E-state index contributed by atoms with van der Waals surface area (Å²) < 4.78 is 19.2. The van der Waals surface area contributed by atoms with Crippen molar-refractivity contribution >= 4 is 6.09 Å². The number of carbonyl (C=O) groups excluding carboxylic acids is 1. The summed E-state index contributed by atoms with van der Waals surface area (Å²) in [5.41, 5.74) is 0.793. The van der Waals surface area contributed by atoms with Crippen molar-refractivity contribution < 1.29 is 19.0 Å². The summed E-state index contributed by atoms with van der Waals surface area (Å²) in [4.78, 5) is 27.1. The molecule has 0 unspecified atom stereocenters. The van der Waals surface area contributed by atoms with Gasteiger partial charge in [0, 0.05) is 13.7 Å². The van der Waals surface area contributed by atoms with Crippen LogP contribution in [0.4, 0.5) is 4.79 Å². The molecule has 9 nitrogen and oxygen atoms in total. The highest BCUT2D eigenvalue weighted by Crippen LogP contribution is 2.12. The molecule has 0 fully saturated rings. The van der Waals surface area contributed by atoms with Crippen LogP contribution in [0.5, 0.6) is 5.75 Å². The molecule has 9 heteroatoms. The van der Waals surface area contributed by atoms with Crippen LogP contribution < -0.4 is 10.4 Å². The van der Waals surface area contributed by atoms with Gasteiger partial charge >= 0.3 is 11.8 Å². The Balaban J connectivity index is 1.66. The summed E-state index contributed by atoms with van der Waals surface area (Å²) in [6, 6.07) is 16.9. The number of hydrogen-bond acceptors (Lipinski definition) is 6. The van der Waals surface area contributed by atoms with Crippen LogP contribution in [0.15, 0.2) is 65.7 Å². The summed E-state index contributed by atoms with van der Waals surface area (Å²) in [5, 5.41) is 4.22. The quantitative estimate of drug-likeness (QED) is 0.453. The molecule has 0 radical (unpaired) electrons. The molecule has 0 bridgehead atoms. The van der Waals surface area contributed by atoms with E-state index < -0.39 is 11.7 Å². The predicted octanol–water partition coefficient (Wildman–Crippen LogP) is 3.50. The number of benzene rings is 2. The van der Waals surface area contributed by atoms with Gasteiger partial charge in [-0.15, -0.1) is 0 Å². The number of para-hydroxylation sites is 1. The third-order valence-corrected chi connectivity index (χ3v) is 4.87. The molecule has 0 aliphatic heterocycles. The molecule has 182 valence electrons. The average molecular weight is 469 g/mol. The van der Waals surface area contributed by atoms with Gasteiger partial charge in [0.15, 0.2) is 0 Å². The smallest absolute Gasteiger partial charge is 0.410 e. The molecule has 2 aromatic carbocycles. The third kappa shape index (κ3) is 7.21. The fourth-order valence-corrected chi connectivity index (χ4v) is 3.21. The molecule has 0 aliphatic rings. The first kappa shape index (κ1) is 25.0. The molecule has 0 aliphatic carbocycles. The van der Waals surface area contributed by atoms with Gasteiger partial charge in [-0.3, -0.25) is 0 Å². The minimum Gasteiger partial charge on any atom is -0.492 e. The number of aromatic nitrogens is 3. The van der Waals surface area contributed by atoms with Gasteiger partial charge in [0.2, 0.25) is 0 Å². The molecule has 1 heterocycles. The lowest BCUT2D eigenvalue weighted by Crippen LogP contribution is -2.41. The van der Waals surface area contributed by atoms with Gasteiger partial charge in [-0.05, 0) is 50.6 Å². The SMILES string of the molecule is COCc1ccc(-n2cnn(CCN(CCOc3ccccc3)C(=O)OC(C)(C)C)c2=O)cc1. The minimum absolute atomic E-state index is 0.220. The average Bonchev–Trinajstić information content (AvgIpc) is 3.16. The highest BCUT2D eigenvalue weighted by atomic mass is 16.6. The molecule has 1 amide bonds. The molecular weight excluding hydrogens is 436 g/mol.